The van der Waals surface area contributed by atoms with Crippen LogP contribution in [0.15, 0.2) is 40.7 Å². The topological polar surface area (TPSA) is 52.6 Å². The number of aromatic nitrogens is 1. The molecular weight excluding hydrogens is 354 g/mol. The minimum absolute atomic E-state index is 0.688. The van der Waals surface area contributed by atoms with E-state index in [4.69, 9.17) is 4.98 Å². The van der Waals surface area contributed by atoms with Crippen molar-refractivity contribution in [3.05, 3.63) is 41.4 Å². The third-order valence-electron chi connectivity index (χ3n) is 5.05. The average molecular weight is 386 g/mol. The largest absolute Gasteiger partial charge is 0.356 e. The van der Waals surface area contributed by atoms with Crippen LogP contribution in [0.2, 0.25) is 0 Å². The lowest BCUT2D eigenvalue weighted by Crippen LogP contribution is -2.39. The Morgan fingerprint density at radius 3 is 2.74 bits per heavy atom. The van der Waals surface area contributed by atoms with Gasteiger partial charge in [0.1, 0.15) is 5.01 Å². The van der Waals surface area contributed by atoms with Crippen LogP contribution < -0.4 is 10.6 Å². The van der Waals surface area contributed by atoms with Crippen LogP contribution in [0.1, 0.15) is 31.9 Å². The average Bonchev–Trinajstić information content (AvgIpc) is 3.18. The summed E-state index contributed by atoms with van der Waals surface area (Å²) in [5.74, 6) is 1.74. The van der Waals surface area contributed by atoms with Crippen molar-refractivity contribution in [2.24, 2.45) is 10.9 Å². The van der Waals surface area contributed by atoms with Crippen LogP contribution in [0.3, 0.4) is 0 Å². The third-order valence-corrected chi connectivity index (χ3v) is 5.99. The molecule has 1 aromatic heterocycles. The second-order valence-electron chi connectivity index (χ2n) is 7.24. The molecule has 1 fully saturated rings. The molecule has 1 saturated heterocycles. The van der Waals surface area contributed by atoms with E-state index in [1.54, 1.807) is 11.3 Å². The van der Waals surface area contributed by atoms with Crippen molar-refractivity contribution in [2.75, 3.05) is 33.2 Å². The summed E-state index contributed by atoms with van der Waals surface area (Å²) in [6, 6.07) is 10.3. The number of hydrogen-bond acceptors (Lipinski definition) is 4. The zero-order chi connectivity index (χ0) is 18.9. The molecule has 0 bridgehead atoms. The summed E-state index contributed by atoms with van der Waals surface area (Å²) in [5, 5.41) is 9.95. The maximum Gasteiger partial charge on any atom is 0.191 e. The third kappa shape index (κ3) is 6.33. The van der Waals surface area contributed by atoms with Gasteiger partial charge in [-0.05, 0) is 44.8 Å². The van der Waals surface area contributed by atoms with Crippen molar-refractivity contribution >= 4 is 17.3 Å². The number of nitrogens with one attached hydrogen (secondary N) is 2. The Kier molecular flexibility index (Phi) is 7.66. The number of likely N-dealkylation sites (tertiary alicyclic amines) is 1. The maximum atomic E-state index is 4.72. The molecule has 27 heavy (non-hydrogen) atoms. The highest BCUT2D eigenvalue weighted by molar-refractivity contribution is 7.13. The summed E-state index contributed by atoms with van der Waals surface area (Å²) in [4.78, 5) is 11.6. The number of thiazole rings is 1. The van der Waals surface area contributed by atoms with Gasteiger partial charge in [0.05, 0.1) is 12.2 Å². The molecule has 2 N–H and O–H groups in total. The van der Waals surface area contributed by atoms with Gasteiger partial charge in [0.15, 0.2) is 5.96 Å². The molecule has 5 nitrogen and oxygen atoms in total. The Hall–Kier alpha value is -1.92. The molecule has 1 aromatic carbocycles. The summed E-state index contributed by atoms with van der Waals surface area (Å²) in [6.45, 7) is 7.66. The monoisotopic (exact) mass is 385 g/mol. The van der Waals surface area contributed by atoms with Crippen molar-refractivity contribution in [1.82, 2.24) is 20.5 Å². The van der Waals surface area contributed by atoms with Gasteiger partial charge in [0.25, 0.3) is 0 Å². The highest BCUT2D eigenvalue weighted by atomic mass is 32.1. The van der Waals surface area contributed by atoms with E-state index in [0.717, 1.165) is 35.5 Å². The molecule has 0 aliphatic carbocycles. The molecule has 0 unspecified atom stereocenters. The number of guanidine groups is 1. The van der Waals surface area contributed by atoms with E-state index in [9.17, 15) is 0 Å². The Bertz CT molecular complexity index is 704. The van der Waals surface area contributed by atoms with Crippen molar-refractivity contribution in [3.8, 4) is 10.6 Å². The smallest absolute Gasteiger partial charge is 0.191 e. The van der Waals surface area contributed by atoms with Gasteiger partial charge in [-0.25, -0.2) is 4.98 Å². The van der Waals surface area contributed by atoms with Crippen LogP contribution in [0.5, 0.6) is 0 Å². The molecule has 6 heteroatoms. The molecule has 0 radical (unpaired) electrons. The van der Waals surface area contributed by atoms with E-state index in [2.05, 4.69) is 45.0 Å². The van der Waals surface area contributed by atoms with Crippen molar-refractivity contribution in [3.63, 3.8) is 0 Å². The second-order valence-corrected chi connectivity index (χ2v) is 8.10. The van der Waals surface area contributed by atoms with Crippen molar-refractivity contribution < 1.29 is 0 Å². The van der Waals surface area contributed by atoms with Crippen LogP contribution >= 0.6 is 11.3 Å². The van der Waals surface area contributed by atoms with Gasteiger partial charge < -0.3 is 15.5 Å². The lowest BCUT2D eigenvalue weighted by Gasteiger charge is -2.30. The molecule has 0 amide bonds. The standard InChI is InChI=1S/C21H31N5S/c1-17-9-13-26(14-10-17)12-6-11-23-21(22-2)24-15-19-16-27-20(25-19)18-7-4-3-5-8-18/h3-5,7-8,16-17H,6,9-15H2,1-2H3,(H2,22,23,24). The first-order chi connectivity index (χ1) is 13.2. The highest BCUT2D eigenvalue weighted by Crippen LogP contribution is 2.23. The van der Waals surface area contributed by atoms with Crippen LogP contribution in [0.4, 0.5) is 0 Å². The van der Waals surface area contributed by atoms with E-state index in [1.165, 1.54) is 38.0 Å². The number of rotatable bonds is 7. The molecular formula is C21H31N5S. The number of hydrogen-bond donors (Lipinski definition) is 2. The Morgan fingerprint density at radius 1 is 1.22 bits per heavy atom. The molecule has 146 valence electrons. The molecule has 0 saturated carbocycles. The zero-order valence-corrected chi connectivity index (χ0v) is 17.3. The van der Waals surface area contributed by atoms with E-state index < -0.39 is 0 Å². The first-order valence-corrected chi connectivity index (χ1v) is 10.8. The minimum atomic E-state index is 0.688. The Balaban J connectivity index is 1.36. The van der Waals surface area contributed by atoms with E-state index in [1.807, 2.05) is 25.2 Å². The molecule has 0 atom stereocenters. The molecule has 1 aliphatic heterocycles. The van der Waals surface area contributed by atoms with E-state index in [-0.39, 0.29) is 0 Å². The molecule has 1 aliphatic rings. The molecule has 3 rings (SSSR count). The quantitative estimate of drug-likeness (QED) is 0.434. The molecule has 0 spiro atoms. The second kappa shape index (κ2) is 10.4. The summed E-state index contributed by atoms with van der Waals surface area (Å²) in [5.41, 5.74) is 2.22. The van der Waals surface area contributed by atoms with E-state index >= 15 is 0 Å². The molecule has 2 heterocycles. The van der Waals surface area contributed by atoms with Crippen molar-refractivity contribution in [2.45, 2.75) is 32.7 Å². The Labute approximate surface area is 166 Å². The predicted octanol–water partition coefficient (Wildman–Crippen LogP) is 3.60. The normalized spacial score (nSPS) is 16.4. The molecule has 2 aromatic rings. The zero-order valence-electron chi connectivity index (χ0n) is 16.4. The van der Waals surface area contributed by atoms with Crippen LogP contribution in [0.25, 0.3) is 10.6 Å². The van der Waals surface area contributed by atoms with Gasteiger partial charge in [0, 0.05) is 24.5 Å². The fraction of sp³-hybridized carbons (Fsp3) is 0.524. The Morgan fingerprint density at radius 2 is 2.00 bits per heavy atom. The number of aliphatic imine (C=N–C) groups is 1. The van der Waals surface area contributed by atoms with Gasteiger partial charge in [-0.1, -0.05) is 37.3 Å². The van der Waals surface area contributed by atoms with E-state index in [0.29, 0.717) is 6.54 Å². The summed E-state index contributed by atoms with van der Waals surface area (Å²) < 4.78 is 0. The highest BCUT2D eigenvalue weighted by Gasteiger charge is 2.14. The van der Waals surface area contributed by atoms with Gasteiger partial charge in [0.2, 0.25) is 0 Å². The van der Waals surface area contributed by atoms with Crippen LogP contribution in [0, 0.1) is 5.92 Å². The number of nitrogens with zero attached hydrogens (tertiary/aromatic N) is 3. The van der Waals surface area contributed by atoms with Gasteiger partial charge in [-0.2, -0.15) is 0 Å². The maximum absolute atomic E-state index is 4.72. The van der Waals surface area contributed by atoms with Gasteiger partial charge >= 0.3 is 0 Å². The SMILES string of the molecule is CN=C(NCCCN1CCC(C)CC1)NCc1csc(-c2ccccc2)n1. The fourth-order valence-corrected chi connectivity index (χ4v) is 4.12. The van der Waals surface area contributed by atoms with Gasteiger partial charge in [-0.15, -0.1) is 11.3 Å². The lowest BCUT2D eigenvalue weighted by molar-refractivity contribution is 0.191. The first-order valence-electron chi connectivity index (χ1n) is 9.91. The number of benzene rings is 1. The van der Waals surface area contributed by atoms with Gasteiger partial charge in [-0.3, -0.25) is 4.99 Å². The lowest BCUT2D eigenvalue weighted by atomic mass is 9.99. The predicted molar refractivity (Wildman–Crippen MR) is 115 cm³/mol. The summed E-state index contributed by atoms with van der Waals surface area (Å²) in [7, 11) is 1.82. The first kappa shape index (κ1) is 19.8. The van der Waals surface area contributed by atoms with Crippen molar-refractivity contribution in [1.29, 1.82) is 0 Å². The summed E-state index contributed by atoms with van der Waals surface area (Å²) >= 11 is 1.68. The van der Waals surface area contributed by atoms with Crippen LogP contribution in [-0.2, 0) is 6.54 Å². The van der Waals surface area contributed by atoms with Crippen LogP contribution in [-0.4, -0.2) is 49.1 Å². The minimum Gasteiger partial charge on any atom is -0.356 e. The number of piperidine rings is 1. The fourth-order valence-electron chi connectivity index (χ4n) is 3.29. The summed E-state index contributed by atoms with van der Waals surface area (Å²) in [6.07, 6.45) is 3.83.